The van der Waals surface area contributed by atoms with Crippen LogP contribution in [0.2, 0.25) is 10.0 Å². The van der Waals surface area contributed by atoms with Crippen LogP contribution in [0.5, 0.6) is 0 Å². The van der Waals surface area contributed by atoms with Crippen molar-refractivity contribution in [2.75, 3.05) is 5.32 Å². The molecular weight excluding hydrogens is 345 g/mol. The number of aromatic nitrogens is 2. The molecule has 0 unspecified atom stereocenters. The summed E-state index contributed by atoms with van der Waals surface area (Å²) in [6.45, 7) is 3.44. The van der Waals surface area contributed by atoms with Gasteiger partial charge < -0.3 is 10.3 Å². The van der Waals surface area contributed by atoms with Gasteiger partial charge in [0.25, 0.3) is 5.56 Å². The van der Waals surface area contributed by atoms with Crippen molar-refractivity contribution in [1.29, 1.82) is 0 Å². The zero-order valence-electron chi connectivity index (χ0n) is 11.8. The summed E-state index contributed by atoms with van der Waals surface area (Å²) >= 11 is 12.9. The molecule has 0 bridgehead atoms. The predicted molar refractivity (Wildman–Crippen MR) is 90.0 cm³/mol. The Morgan fingerprint density at radius 1 is 1.27 bits per heavy atom. The predicted octanol–water partition coefficient (Wildman–Crippen LogP) is 3.50. The number of anilines is 1. The van der Waals surface area contributed by atoms with Crippen LogP contribution in [0, 0.1) is 6.92 Å². The second kappa shape index (κ2) is 7.17. The standard InChI is InChI=1S/C14H13Cl2N3O2S/c1-7-3-12(20)19-14(17-7)22-8(2)13(21)18-11-5-9(15)4-10(16)6-11/h3-6,8H,1-2H3,(H,18,21)(H,17,19,20)/t8-/m0/s1. The molecule has 0 radical (unpaired) electrons. The van der Waals surface area contributed by atoms with Crippen molar-refractivity contribution in [3.05, 3.63) is 50.4 Å². The van der Waals surface area contributed by atoms with Crippen LogP contribution < -0.4 is 10.9 Å². The minimum atomic E-state index is -0.456. The molecule has 116 valence electrons. The number of carbonyl (C=O) groups is 1. The van der Waals surface area contributed by atoms with Gasteiger partial charge >= 0.3 is 0 Å². The Balaban J connectivity index is 2.07. The lowest BCUT2D eigenvalue weighted by Crippen LogP contribution is -2.23. The van der Waals surface area contributed by atoms with Gasteiger partial charge in [0, 0.05) is 27.5 Å². The molecule has 1 atom stereocenters. The molecule has 5 nitrogen and oxygen atoms in total. The molecule has 8 heteroatoms. The number of H-pyrrole nitrogens is 1. The monoisotopic (exact) mass is 357 g/mol. The van der Waals surface area contributed by atoms with E-state index in [4.69, 9.17) is 23.2 Å². The molecule has 0 aliphatic heterocycles. The molecule has 0 fully saturated rings. The van der Waals surface area contributed by atoms with E-state index >= 15 is 0 Å². The van der Waals surface area contributed by atoms with Crippen molar-refractivity contribution >= 4 is 46.6 Å². The van der Waals surface area contributed by atoms with E-state index in [-0.39, 0.29) is 11.5 Å². The highest BCUT2D eigenvalue weighted by atomic mass is 35.5. The van der Waals surface area contributed by atoms with Crippen molar-refractivity contribution in [3.63, 3.8) is 0 Å². The quantitative estimate of drug-likeness (QED) is 0.648. The van der Waals surface area contributed by atoms with Gasteiger partial charge in [0.1, 0.15) is 0 Å². The van der Waals surface area contributed by atoms with Gasteiger partial charge in [0.2, 0.25) is 5.91 Å². The van der Waals surface area contributed by atoms with Crippen molar-refractivity contribution in [1.82, 2.24) is 9.97 Å². The number of amides is 1. The first-order chi connectivity index (χ1) is 10.3. The number of hydrogen-bond donors (Lipinski definition) is 2. The Labute approximate surface area is 141 Å². The summed E-state index contributed by atoms with van der Waals surface area (Å²) in [4.78, 5) is 30.3. The van der Waals surface area contributed by atoms with E-state index in [0.29, 0.717) is 26.6 Å². The molecule has 2 rings (SSSR count). The fraction of sp³-hybridized carbons (Fsp3) is 0.214. The van der Waals surface area contributed by atoms with Gasteiger partial charge in [-0.3, -0.25) is 9.59 Å². The first-order valence-electron chi connectivity index (χ1n) is 6.35. The molecule has 0 aliphatic carbocycles. The summed E-state index contributed by atoms with van der Waals surface area (Å²) in [5.41, 5.74) is 0.866. The molecule has 0 spiro atoms. The third-order valence-electron chi connectivity index (χ3n) is 2.64. The lowest BCUT2D eigenvalue weighted by atomic mass is 10.3. The second-order valence-electron chi connectivity index (χ2n) is 4.60. The van der Waals surface area contributed by atoms with Gasteiger partial charge in [-0.1, -0.05) is 35.0 Å². The largest absolute Gasteiger partial charge is 0.325 e. The zero-order chi connectivity index (χ0) is 16.3. The molecule has 0 aliphatic rings. The van der Waals surface area contributed by atoms with E-state index in [1.165, 1.54) is 6.07 Å². The molecule has 0 saturated carbocycles. The average molecular weight is 358 g/mol. The van der Waals surface area contributed by atoms with Crippen LogP contribution in [0.3, 0.4) is 0 Å². The molecule has 2 N–H and O–H groups in total. The fourth-order valence-electron chi connectivity index (χ4n) is 1.70. The van der Waals surface area contributed by atoms with Crippen molar-refractivity contribution in [2.24, 2.45) is 0 Å². The van der Waals surface area contributed by atoms with Gasteiger partial charge in [-0.15, -0.1) is 0 Å². The number of thioether (sulfide) groups is 1. The zero-order valence-corrected chi connectivity index (χ0v) is 14.1. The van der Waals surface area contributed by atoms with Gasteiger partial charge in [-0.25, -0.2) is 4.98 Å². The lowest BCUT2D eigenvalue weighted by molar-refractivity contribution is -0.115. The summed E-state index contributed by atoms with van der Waals surface area (Å²) < 4.78 is 0. The number of nitrogens with zero attached hydrogens (tertiary/aromatic N) is 1. The number of aromatic amines is 1. The first-order valence-corrected chi connectivity index (χ1v) is 7.98. The molecule has 1 aromatic carbocycles. The molecule has 1 aromatic heterocycles. The molecule has 22 heavy (non-hydrogen) atoms. The minimum Gasteiger partial charge on any atom is -0.325 e. The maximum Gasteiger partial charge on any atom is 0.251 e. The van der Waals surface area contributed by atoms with E-state index < -0.39 is 5.25 Å². The summed E-state index contributed by atoms with van der Waals surface area (Å²) in [6.07, 6.45) is 0. The van der Waals surface area contributed by atoms with Crippen LogP contribution in [0.15, 0.2) is 34.2 Å². The highest BCUT2D eigenvalue weighted by Crippen LogP contribution is 2.24. The molecule has 1 heterocycles. The highest BCUT2D eigenvalue weighted by Gasteiger charge is 2.16. The topological polar surface area (TPSA) is 74.8 Å². The van der Waals surface area contributed by atoms with Crippen LogP contribution in [-0.4, -0.2) is 21.1 Å². The maximum atomic E-state index is 12.2. The molecule has 1 amide bonds. The van der Waals surface area contributed by atoms with Crippen LogP contribution in [0.4, 0.5) is 5.69 Å². The number of hydrogen-bond acceptors (Lipinski definition) is 4. The highest BCUT2D eigenvalue weighted by molar-refractivity contribution is 8.00. The van der Waals surface area contributed by atoms with E-state index in [9.17, 15) is 9.59 Å². The SMILES string of the molecule is Cc1cc(=O)[nH]c(S[C@@H](C)C(=O)Nc2cc(Cl)cc(Cl)c2)n1. The smallest absolute Gasteiger partial charge is 0.251 e. The van der Waals surface area contributed by atoms with Crippen molar-refractivity contribution in [3.8, 4) is 0 Å². The summed E-state index contributed by atoms with van der Waals surface area (Å²) in [6, 6.07) is 6.19. The Kier molecular flexibility index (Phi) is 5.50. The third kappa shape index (κ3) is 4.76. The second-order valence-corrected chi connectivity index (χ2v) is 6.80. The number of aryl methyl sites for hydroxylation is 1. The minimum absolute atomic E-state index is 0.243. The van der Waals surface area contributed by atoms with Crippen molar-refractivity contribution < 1.29 is 4.79 Å². The molecule has 0 saturated heterocycles. The summed E-state index contributed by atoms with van der Waals surface area (Å²) in [7, 11) is 0. The number of nitrogens with one attached hydrogen (secondary N) is 2. The number of benzene rings is 1. The van der Waals surface area contributed by atoms with Crippen molar-refractivity contribution in [2.45, 2.75) is 24.3 Å². The van der Waals surface area contributed by atoms with E-state index in [2.05, 4.69) is 15.3 Å². The van der Waals surface area contributed by atoms with Crippen LogP contribution >= 0.6 is 35.0 Å². The van der Waals surface area contributed by atoms with Crippen LogP contribution in [-0.2, 0) is 4.79 Å². The van der Waals surface area contributed by atoms with E-state index in [1.807, 2.05) is 0 Å². The Bertz CT molecular complexity index is 744. The molecule has 2 aromatic rings. The number of halogens is 2. The summed E-state index contributed by atoms with van der Waals surface area (Å²) in [5.74, 6) is -0.243. The third-order valence-corrected chi connectivity index (χ3v) is 4.06. The van der Waals surface area contributed by atoms with Gasteiger partial charge in [-0.05, 0) is 32.0 Å². The normalized spacial score (nSPS) is 12.0. The fourth-order valence-corrected chi connectivity index (χ4v) is 3.08. The Hall–Kier alpha value is -1.50. The molecular formula is C14H13Cl2N3O2S. The van der Waals surface area contributed by atoms with Gasteiger partial charge in [0.05, 0.1) is 5.25 Å². The Morgan fingerprint density at radius 3 is 2.50 bits per heavy atom. The number of rotatable bonds is 4. The maximum absolute atomic E-state index is 12.2. The van der Waals surface area contributed by atoms with Crippen LogP contribution in [0.25, 0.3) is 0 Å². The van der Waals surface area contributed by atoms with Crippen LogP contribution in [0.1, 0.15) is 12.6 Å². The lowest BCUT2D eigenvalue weighted by Gasteiger charge is -2.12. The van der Waals surface area contributed by atoms with Gasteiger partial charge in [-0.2, -0.15) is 0 Å². The van der Waals surface area contributed by atoms with Gasteiger partial charge in [0.15, 0.2) is 5.16 Å². The van der Waals surface area contributed by atoms with E-state index in [1.54, 1.807) is 32.0 Å². The number of carbonyl (C=O) groups excluding carboxylic acids is 1. The Morgan fingerprint density at radius 2 is 1.91 bits per heavy atom. The summed E-state index contributed by atoms with van der Waals surface area (Å²) in [5, 5.41) is 3.54. The average Bonchev–Trinajstić information content (AvgIpc) is 2.35. The van der Waals surface area contributed by atoms with E-state index in [0.717, 1.165) is 11.8 Å². The first kappa shape index (κ1) is 16.9.